The van der Waals surface area contributed by atoms with Gasteiger partial charge in [-0.15, -0.1) is 0 Å². The molecule has 1 aromatic rings. The van der Waals surface area contributed by atoms with Gasteiger partial charge in [0.25, 0.3) is 0 Å². The molecular formula is C15H19ClO4S. The van der Waals surface area contributed by atoms with Crippen molar-refractivity contribution in [3.8, 4) is 0 Å². The van der Waals surface area contributed by atoms with Crippen molar-refractivity contribution < 1.29 is 18.3 Å². The first-order valence-electron chi connectivity index (χ1n) is 7.13. The lowest BCUT2D eigenvalue weighted by Gasteiger charge is -2.27. The maximum absolute atomic E-state index is 12.6. The van der Waals surface area contributed by atoms with E-state index in [1.54, 1.807) is 0 Å². The highest BCUT2D eigenvalue weighted by Gasteiger charge is 2.32. The molecule has 6 heteroatoms. The highest BCUT2D eigenvalue weighted by atomic mass is 35.5. The molecule has 0 atom stereocenters. The predicted molar refractivity (Wildman–Crippen MR) is 81.6 cm³/mol. The summed E-state index contributed by atoms with van der Waals surface area (Å²) in [5.74, 6) is -0.540. The Kier molecular flexibility index (Phi) is 4.94. The normalized spacial score (nSPS) is 23.0. The first-order valence-corrected chi connectivity index (χ1v) is 9.05. The SMILES string of the molecule is CCC1CCC(S(=O)(=O)c2ccc(C(=O)O)c(Cl)c2)CC1. The standard InChI is InChI=1S/C15H19ClO4S/c1-2-10-3-5-11(6-4-10)21(19,20)12-7-8-13(15(17)18)14(16)9-12/h7-11H,2-6H2,1H3,(H,17,18). The Morgan fingerprint density at radius 1 is 1.29 bits per heavy atom. The monoisotopic (exact) mass is 330 g/mol. The van der Waals surface area contributed by atoms with Crippen LogP contribution >= 0.6 is 11.6 Å². The number of rotatable bonds is 4. The number of hydrogen-bond donors (Lipinski definition) is 1. The van der Waals surface area contributed by atoms with E-state index in [9.17, 15) is 13.2 Å². The number of sulfone groups is 1. The van der Waals surface area contributed by atoms with Crippen molar-refractivity contribution in [3.05, 3.63) is 28.8 Å². The summed E-state index contributed by atoms with van der Waals surface area (Å²) in [6.07, 6.45) is 4.28. The topological polar surface area (TPSA) is 71.4 Å². The van der Waals surface area contributed by atoms with E-state index in [0.717, 1.165) is 19.3 Å². The first kappa shape index (κ1) is 16.3. The van der Waals surface area contributed by atoms with E-state index in [1.165, 1.54) is 18.2 Å². The minimum atomic E-state index is -3.44. The van der Waals surface area contributed by atoms with Crippen molar-refractivity contribution in [3.63, 3.8) is 0 Å². The van der Waals surface area contributed by atoms with Crippen molar-refractivity contribution >= 4 is 27.4 Å². The van der Waals surface area contributed by atoms with E-state index in [-0.39, 0.29) is 20.7 Å². The average Bonchev–Trinajstić information content (AvgIpc) is 2.46. The van der Waals surface area contributed by atoms with Gasteiger partial charge in [-0.2, -0.15) is 0 Å². The lowest BCUT2D eigenvalue weighted by Crippen LogP contribution is -2.27. The van der Waals surface area contributed by atoms with Gasteiger partial charge in [-0.25, -0.2) is 13.2 Å². The van der Waals surface area contributed by atoms with Crippen LogP contribution in [0, 0.1) is 5.92 Å². The second-order valence-electron chi connectivity index (χ2n) is 5.54. The summed E-state index contributed by atoms with van der Waals surface area (Å²) < 4.78 is 25.2. The molecule has 1 N–H and O–H groups in total. The molecule has 0 heterocycles. The minimum absolute atomic E-state index is 0.0363. The molecule has 1 saturated carbocycles. The zero-order valence-electron chi connectivity index (χ0n) is 11.9. The van der Waals surface area contributed by atoms with Gasteiger partial charge in [0.2, 0.25) is 0 Å². The van der Waals surface area contributed by atoms with Gasteiger partial charge in [-0.3, -0.25) is 0 Å². The molecule has 1 aromatic carbocycles. The fourth-order valence-corrected chi connectivity index (χ4v) is 5.03. The van der Waals surface area contributed by atoms with Crippen molar-refractivity contribution in [2.75, 3.05) is 0 Å². The number of carboxylic acids is 1. The van der Waals surface area contributed by atoms with Crippen molar-refractivity contribution in [1.29, 1.82) is 0 Å². The smallest absolute Gasteiger partial charge is 0.337 e. The van der Waals surface area contributed by atoms with Crippen LogP contribution in [0.5, 0.6) is 0 Å². The van der Waals surface area contributed by atoms with Gasteiger partial charge in [0.05, 0.1) is 20.7 Å². The fraction of sp³-hybridized carbons (Fsp3) is 0.533. The number of aromatic carboxylic acids is 1. The molecule has 21 heavy (non-hydrogen) atoms. The number of benzene rings is 1. The predicted octanol–water partition coefficient (Wildman–Crippen LogP) is 3.78. The molecule has 0 bridgehead atoms. The quantitative estimate of drug-likeness (QED) is 0.911. The summed E-state index contributed by atoms with van der Waals surface area (Å²) in [6, 6.07) is 3.86. The number of carboxylic acid groups (broad SMARTS) is 1. The van der Waals surface area contributed by atoms with Crippen LogP contribution in [0.4, 0.5) is 0 Å². The molecule has 2 rings (SSSR count). The molecule has 0 saturated heterocycles. The van der Waals surface area contributed by atoms with Crippen LogP contribution in [-0.4, -0.2) is 24.7 Å². The summed E-state index contributed by atoms with van der Waals surface area (Å²) in [7, 11) is -3.44. The van der Waals surface area contributed by atoms with Crippen molar-refractivity contribution in [2.45, 2.75) is 49.2 Å². The maximum Gasteiger partial charge on any atom is 0.337 e. The number of hydrogen-bond acceptors (Lipinski definition) is 3. The summed E-state index contributed by atoms with van der Waals surface area (Å²) in [4.78, 5) is 11.0. The second-order valence-corrected chi connectivity index (χ2v) is 8.18. The van der Waals surface area contributed by atoms with Crippen LogP contribution in [0.25, 0.3) is 0 Å². The fourth-order valence-electron chi connectivity index (χ4n) is 2.89. The van der Waals surface area contributed by atoms with Crippen LogP contribution in [0.3, 0.4) is 0 Å². The second kappa shape index (κ2) is 6.36. The third kappa shape index (κ3) is 3.40. The van der Waals surface area contributed by atoms with E-state index in [1.807, 2.05) is 0 Å². The lowest BCUT2D eigenvalue weighted by molar-refractivity contribution is 0.0697. The van der Waals surface area contributed by atoms with Crippen LogP contribution in [0.15, 0.2) is 23.1 Å². The Hall–Kier alpha value is -1.07. The average molecular weight is 331 g/mol. The molecular weight excluding hydrogens is 312 g/mol. The highest BCUT2D eigenvalue weighted by molar-refractivity contribution is 7.92. The lowest BCUT2D eigenvalue weighted by atomic mass is 9.87. The van der Waals surface area contributed by atoms with E-state index < -0.39 is 15.8 Å². The highest BCUT2D eigenvalue weighted by Crippen LogP contribution is 2.34. The van der Waals surface area contributed by atoms with Crippen LogP contribution in [-0.2, 0) is 9.84 Å². The Morgan fingerprint density at radius 3 is 2.38 bits per heavy atom. The molecule has 1 aliphatic rings. The van der Waals surface area contributed by atoms with Gasteiger partial charge < -0.3 is 5.11 Å². The third-order valence-electron chi connectivity index (χ3n) is 4.31. The molecule has 4 nitrogen and oxygen atoms in total. The van der Waals surface area contributed by atoms with E-state index in [4.69, 9.17) is 16.7 Å². The van der Waals surface area contributed by atoms with Gasteiger partial charge in [0.1, 0.15) is 0 Å². The van der Waals surface area contributed by atoms with E-state index in [2.05, 4.69) is 6.92 Å². The zero-order chi connectivity index (χ0) is 15.6. The zero-order valence-corrected chi connectivity index (χ0v) is 13.5. The Balaban J connectivity index is 2.24. The molecule has 0 amide bonds. The maximum atomic E-state index is 12.6. The minimum Gasteiger partial charge on any atom is -0.478 e. The van der Waals surface area contributed by atoms with Crippen LogP contribution < -0.4 is 0 Å². The summed E-state index contributed by atoms with van der Waals surface area (Å²) in [5.41, 5.74) is -0.0784. The van der Waals surface area contributed by atoms with Crippen LogP contribution in [0.1, 0.15) is 49.4 Å². The summed E-state index contributed by atoms with van der Waals surface area (Å²) >= 11 is 5.87. The van der Waals surface area contributed by atoms with Gasteiger partial charge in [0, 0.05) is 0 Å². The molecule has 1 fully saturated rings. The van der Waals surface area contributed by atoms with E-state index >= 15 is 0 Å². The summed E-state index contributed by atoms with van der Waals surface area (Å²) in [5, 5.41) is 8.51. The van der Waals surface area contributed by atoms with Gasteiger partial charge in [-0.1, -0.05) is 24.9 Å². The van der Waals surface area contributed by atoms with Gasteiger partial charge >= 0.3 is 5.97 Å². The Morgan fingerprint density at radius 2 is 1.90 bits per heavy atom. The van der Waals surface area contributed by atoms with Crippen molar-refractivity contribution in [2.24, 2.45) is 5.92 Å². The molecule has 0 aliphatic heterocycles. The molecule has 0 radical (unpaired) electrons. The number of carbonyl (C=O) groups is 1. The molecule has 0 aromatic heterocycles. The van der Waals surface area contributed by atoms with Gasteiger partial charge in [0.15, 0.2) is 9.84 Å². The number of halogens is 1. The molecule has 1 aliphatic carbocycles. The van der Waals surface area contributed by atoms with Crippen LogP contribution in [0.2, 0.25) is 5.02 Å². The molecule has 116 valence electrons. The first-order chi connectivity index (χ1) is 9.86. The third-order valence-corrected chi connectivity index (χ3v) is 6.88. The Bertz CT molecular complexity index is 631. The largest absolute Gasteiger partial charge is 0.478 e. The van der Waals surface area contributed by atoms with Gasteiger partial charge in [-0.05, 0) is 49.8 Å². The van der Waals surface area contributed by atoms with E-state index in [0.29, 0.717) is 18.8 Å². The van der Waals surface area contributed by atoms with Crippen molar-refractivity contribution in [1.82, 2.24) is 0 Å². The summed E-state index contributed by atoms with van der Waals surface area (Å²) in [6.45, 7) is 2.13. The Labute approximate surface area is 130 Å². The molecule has 0 spiro atoms. The molecule has 0 unspecified atom stereocenters.